The molecule has 1 N–H and O–H groups in total. The van der Waals surface area contributed by atoms with Crippen LogP contribution in [0.4, 0.5) is 27.6 Å². The molecule has 0 spiro atoms. The third-order valence-corrected chi connectivity index (χ3v) is 5.54. The Hall–Kier alpha value is -2.27. The highest BCUT2D eigenvalue weighted by atomic mass is 32.2. The minimum absolute atomic E-state index is 0.137. The van der Waals surface area contributed by atoms with Gasteiger partial charge in [0.15, 0.2) is 28.2 Å². The molecule has 0 radical (unpaired) electrons. The quantitative estimate of drug-likeness (QED) is 0.413. The number of halogens is 5. The number of sulfonamides is 1. The van der Waals surface area contributed by atoms with Gasteiger partial charge in [-0.2, -0.15) is 0 Å². The summed E-state index contributed by atoms with van der Waals surface area (Å²) in [4.78, 5) is 2.17. The first-order valence-corrected chi connectivity index (χ1v) is 8.83. The van der Waals surface area contributed by atoms with Crippen molar-refractivity contribution in [3.63, 3.8) is 0 Å². The number of nitrogens with zero attached hydrogens (tertiary/aromatic N) is 1. The molecule has 0 aliphatic carbocycles. The molecule has 1 aromatic heterocycles. The first-order chi connectivity index (χ1) is 11.6. The Morgan fingerprint density at radius 3 is 2.12 bits per heavy atom. The van der Waals surface area contributed by atoms with E-state index >= 15 is 0 Å². The van der Waals surface area contributed by atoms with Crippen molar-refractivity contribution in [3.05, 3.63) is 52.3 Å². The third-order valence-electron chi connectivity index (χ3n) is 3.18. The Morgan fingerprint density at radius 2 is 1.52 bits per heavy atom. The zero-order chi connectivity index (χ0) is 18.5. The number of hydrogen-bond donors (Lipinski definition) is 1. The van der Waals surface area contributed by atoms with E-state index in [-0.39, 0.29) is 5.69 Å². The van der Waals surface area contributed by atoms with Crippen LogP contribution in [0.2, 0.25) is 0 Å². The number of aromatic nitrogens is 1. The molecule has 0 amide bonds. The first kappa shape index (κ1) is 17.5. The average Bonchev–Trinajstić information content (AvgIpc) is 2.89. The summed E-state index contributed by atoms with van der Waals surface area (Å²) in [7, 11) is -5.07. The maximum atomic E-state index is 13.7. The molecular weight excluding hydrogens is 387 g/mol. The van der Waals surface area contributed by atoms with Gasteiger partial charge in [-0.3, -0.25) is 4.72 Å². The van der Waals surface area contributed by atoms with E-state index in [1.165, 1.54) is 29.5 Å². The van der Waals surface area contributed by atoms with Gasteiger partial charge in [0.05, 0.1) is 20.9 Å². The van der Waals surface area contributed by atoms with Crippen molar-refractivity contribution < 1.29 is 30.4 Å². The molecular formula is C14H7F5N2O2S2. The van der Waals surface area contributed by atoms with E-state index in [1.807, 2.05) is 0 Å². The van der Waals surface area contributed by atoms with E-state index in [0.29, 0.717) is 10.5 Å². The monoisotopic (exact) mass is 394 g/mol. The molecule has 2 aromatic carbocycles. The van der Waals surface area contributed by atoms with Crippen molar-refractivity contribution in [2.24, 2.45) is 0 Å². The topological polar surface area (TPSA) is 59.1 Å². The van der Waals surface area contributed by atoms with E-state index < -0.39 is 44.0 Å². The predicted molar refractivity (Wildman–Crippen MR) is 81.4 cm³/mol. The van der Waals surface area contributed by atoms with Crippen LogP contribution < -0.4 is 4.72 Å². The SMILES string of the molecule is Cc1nc2cc(NS(=O)(=O)c3c(F)c(F)c(F)c(F)c3F)ccc2s1. The van der Waals surface area contributed by atoms with E-state index in [4.69, 9.17) is 0 Å². The summed E-state index contributed by atoms with van der Waals surface area (Å²) in [6.45, 7) is 1.73. The minimum Gasteiger partial charge on any atom is -0.279 e. The molecule has 0 aliphatic rings. The number of rotatable bonds is 3. The van der Waals surface area contributed by atoms with Crippen molar-refractivity contribution in [1.29, 1.82) is 0 Å². The van der Waals surface area contributed by atoms with Gasteiger partial charge in [0.2, 0.25) is 5.82 Å². The van der Waals surface area contributed by atoms with Crippen LogP contribution in [0.25, 0.3) is 10.2 Å². The van der Waals surface area contributed by atoms with Crippen molar-refractivity contribution in [2.45, 2.75) is 11.8 Å². The van der Waals surface area contributed by atoms with Crippen molar-refractivity contribution in [1.82, 2.24) is 4.98 Å². The van der Waals surface area contributed by atoms with Gasteiger partial charge in [-0.1, -0.05) is 0 Å². The van der Waals surface area contributed by atoms with Gasteiger partial charge in [-0.25, -0.2) is 35.4 Å². The summed E-state index contributed by atoms with van der Waals surface area (Å²) >= 11 is 1.34. The molecule has 0 aliphatic heterocycles. The van der Waals surface area contributed by atoms with Crippen LogP contribution in [-0.4, -0.2) is 13.4 Å². The Morgan fingerprint density at radius 1 is 0.960 bits per heavy atom. The summed E-state index contributed by atoms with van der Waals surface area (Å²) in [6.07, 6.45) is 0. The first-order valence-electron chi connectivity index (χ1n) is 6.53. The summed E-state index contributed by atoms with van der Waals surface area (Å²) in [6, 6.07) is 4.07. The lowest BCUT2D eigenvalue weighted by Gasteiger charge is -2.11. The lowest BCUT2D eigenvalue weighted by molar-refractivity contribution is 0.358. The number of hydrogen-bond acceptors (Lipinski definition) is 4. The molecule has 0 saturated carbocycles. The van der Waals surface area contributed by atoms with Crippen molar-refractivity contribution in [3.8, 4) is 0 Å². The smallest absolute Gasteiger partial charge is 0.267 e. The van der Waals surface area contributed by atoms with Crippen LogP contribution in [0.15, 0.2) is 23.1 Å². The van der Waals surface area contributed by atoms with E-state index in [1.54, 1.807) is 11.6 Å². The van der Waals surface area contributed by atoms with Gasteiger partial charge >= 0.3 is 0 Å². The lowest BCUT2D eigenvalue weighted by Crippen LogP contribution is -2.19. The molecule has 0 unspecified atom stereocenters. The highest BCUT2D eigenvalue weighted by Gasteiger charge is 2.33. The fourth-order valence-electron chi connectivity index (χ4n) is 2.13. The Balaban J connectivity index is 2.10. The maximum absolute atomic E-state index is 13.7. The van der Waals surface area contributed by atoms with Gasteiger partial charge in [0, 0.05) is 0 Å². The molecule has 132 valence electrons. The summed E-state index contributed by atoms with van der Waals surface area (Å²) in [5, 5.41) is 0.703. The Kier molecular flexibility index (Phi) is 4.15. The second kappa shape index (κ2) is 5.92. The number of nitrogens with one attached hydrogen (secondary N) is 1. The molecule has 3 rings (SSSR count). The normalized spacial score (nSPS) is 11.9. The second-order valence-electron chi connectivity index (χ2n) is 4.92. The fourth-order valence-corrected chi connectivity index (χ4v) is 4.13. The van der Waals surface area contributed by atoms with E-state index in [2.05, 4.69) is 4.98 Å². The van der Waals surface area contributed by atoms with Crippen LogP contribution >= 0.6 is 11.3 Å². The lowest BCUT2D eigenvalue weighted by atomic mass is 10.3. The van der Waals surface area contributed by atoms with Gasteiger partial charge < -0.3 is 0 Å². The second-order valence-corrected chi connectivity index (χ2v) is 7.77. The van der Waals surface area contributed by atoms with E-state index in [0.717, 1.165) is 4.70 Å². The third kappa shape index (κ3) is 2.93. The number of fused-ring (bicyclic) bond motifs is 1. The number of benzene rings is 2. The number of anilines is 1. The zero-order valence-electron chi connectivity index (χ0n) is 12.2. The number of thiazole rings is 1. The van der Waals surface area contributed by atoms with Crippen LogP contribution in [-0.2, 0) is 10.0 Å². The van der Waals surface area contributed by atoms with Crippen LogP contribution in [0, 0.1) is 36.0 Å². The molecule has 0 atom stereocenters. The standard InChI is InChI=1S/C14H7F5N2O2S2/c1-5-20-7-4-6(2-3-8(7)24-5)21-25(22,23)14-12(18)10(16)9(15)11(17)13(14)19/h2-4,21H,1H3. The van der Waals surface area contributed by atoms with Gasteiger partial charge in [-0.15, -0.1) is 11.3 Å². The molecule has 0 fully saturated rings. The molecule has 11 heteroatoms. The molecule has 25 heavy (non-hydrogen) atoms. The Labute approximate surface area is 142 Å². The summed E-state index contributed by atoms with van der Waals surface area (Å²) in [5.41, 5.74) is 0.279. The van der Waals surface area contributed by atoms with Gasteiger partial charge in [0.1, 0.15) is 0 Å². The average molecular weight is 394 g/mol. The van der Waals surface area contributed by atoms with Crippen molar-refractivity contribution >= 4 is 37.3 Å². The molecule has 0 saturated heterocycles. The van der Waals surface area contributed by atoms with Gasteiger partial charge in [0.25, 0.3) is 10.0 Å². The minimum atomic E-state index is -5.07. The Bertz CT molecular complexity index is 1080. The predicted octanol–water partition coefficient (Wildman–Crippen LogP) is 4.10. The number of aryl methyl sites for hydroxylation is 1. The highest BCUT2D eigenvalue weighted by molar-refractivity contribution is 7.92. The summed E-state index contributed by atoms with van der Waals surface area (Å²) < 4.78 is 93.7. The largest absolute Gasteiger partial charge is 0.279 e. The summed E-state index contributed by atoms with van der Waals surface area (Å²) in [5.74, 6) is -12.0. The van der Waals surface area contributed by atoms with Crippen LogP contribution in [0.1, 0.15) is 5.01 Å². The highest BCUT2D eigenvalue weighted by Crippen LogP contribution is 2.30. The van der Waals surface area contributed by atoms with Crippen LogP contribution in [0.5, 0.6) is 0 Å². The maximum Gasteiger partial charge on any atom is 0.267 e. The fraction of sp³-hybridized carbons (Fsp3) is 0.0714. The zero-order valence-corrected chi connectivity index (χ0v) is 13.8. The molecule has 1 heterocycles. The molecule has 0 bridgehead atoms. The molecule has 4 nitrogen and oxygen atoms in total. The van der Waals surface area contributed by atoms with Crippen LogP contribution in [0.3, 0.4) is 0 Å². The van der Waals surface area contributed by atoms with Crippen molar-refractivity contribution in [2.75, 3.05) is 4.72 Å². The van der Waals surface area contributed by atoms with Gasteiger partial charge in [-0.05, 0) is 25.1 Å². The molecule has 3 aromatic rings. The van der Waals surface area contributed by atoms with E-state index in [9.17, 15) is 30.4 Å².